The second-order valence-electron chi connectivity index (χ2n) is 8.64. The molecule has 1 N–H and O–H groups in total. The average molecular weight is 470 g/mol. The number of rotatable bonds is 6. The maximum atomic E-state index is 12.8. The van der Waals surface area contributed by atoms with E-state index >= 15 is 0 Å². The average Bonchev–Trinajstić information content (AvgIpc) is 3.12. The van der Waals surface area contributed by atoms with Gasteiger partial charge in [0, 0.05) is 37.2 Å². The van der Waals surface area contributed by atoms with Crippen molar-refractivity contribution in [3.63, 3.8) is 0 Å². The molecule has 2 saturated heterocycles. The van der Waals surface area contributed by atoms with Crippen LogP contribution in [0.25, 0.3) is 0 Å². The highest BCUT2D eigenvalue weighted by Gasteiger charge is 2.29. The van der Waals surface area contributed by atoms with Gasteiger partial charge in [-0.25, -0.2) is 8.42 Å². The molecule has 9 heteroatoms. The number of carbonyl (C=O) groups is 3. The summed E-state index contributed by atoms with van der Waals surface area (Å²) >= 11 is 0. The summed E-state index contributed by atoms with van der Waals surface area (Å²) in [6, 6.07) is 12.9. The molecule has 0 atom stereocenters. The molecule has 2 aromatic carbocycles. The fourth-order valence-electron chi connectivity index (χ4n) is 4.03. The summed E-state index contributed by atoms with van der Waals surface area (Å²) in [6.07, 6.45) is 2.21. The molecule has 174 valence electrons. The zero-order valence-corrected chi connectivity index (χ0v) is 19.3. The third kappa shape index (κ3) is 5.15. The summed E-state index contributed by atoms with van der Waals surface area (Å²) in [5.41, 5.74) is 1.66. The SMILES string of the molecule is CC1CCN(S(=O)(=O)c2ccc(NC(=O)c3ccc(CN4C(=O)CCC4=O)cc3)cc2)CC1. The van der Waals surface area contributed by atoms with Crippen molar-refractivity contribution < 1.29 is 22.8 Å². The first kappa shape index (κ1) is 23.1. The van der Waals surface area contributed by atoms with Crippen LogP contribution < -0.4 is 5.32 Å². The smallest absolute Gasteiger partial charge is 0.255 e. The topological polar surface area (TPSA) is 104 Å². The van der Waals surface area contributed by atoms with Gasteiger partial charge in [0.05, 0.1) is 11.4 Å². The lowest BCUT2D eigenvalue weighted by atomic mass is 10.0. The number of anilines is 1. The van der Waals surface area contributed by atoms with Crippen molar-refractivity contribution in [2.75, 3.05) is 18.4 Å². The van der Waals surface area contributed by atoms with Crippen LogP contribution >= 0.6 is 0 Å². The Morgan fingerprint density at radius 2 is 1.52 bits per heavy atom. The predicted molar refractivity (Wildman–Crippen MR) is 123 cm³/mol. The van der Waals surface area contributed by atoms with Gasteiger partial charge in [-0.15, -0.1) is 0 Å². The maximum absolute atomic E-state index is 12.8. The van der Waals surface area contributed by atoms with Gasteiger partial charge in [0.2, 0.25) is 21.8 Å². The van der Waals surface area contributed by atoms with Crippen molar-refractivity contribution in [2.24, 2.45) is 5.92 Å². The number of piperidine rings is 1. The standard InChI is InChI=1S/C24H27N3O5S/c1-17-12-14-26(15-13-17)33(31,32)21-8-6-20(7-9-21)25-24(30)19-4-2-18(3-5-19)16-27-22(28)10-11-23(27)29/h2-9,17H,10-16H2,1H3,(H,25,30). The van der Waals surface area contributed by atoms with Crippen molar-refractivity contribution in [3.8, 4) is 0 Å². The first-order valence-corrected chi connectivity index (χ1v) is 12.5. The summed E-state index contributed by atoms with van der Waals surface area (Å²) in [6.45, 7) is 3.38. The molecule has 0 aliphatic carbocycles. The summed E-state index contributed by atoms with van der Waals surface area (Å²) < 4.78 is 27.2. The van der Waals surface area contributed by atoms with Gasteiger partial charge in [0.1, 0.15) is 0 Å². The lowest BCUT2D eigenvalue weighted by Crippen LogP contribution is -2.37. The molecule has 0 spiro atoms. The van der Waals surface area contributed by atoms with E-state index in [9.17, 15) is 22.8 Å². The number of imide groups is 1. The summed E-state index contributed by atoms with van der Waals surface area (Å²) in [4.78, 5) is 37.5. The molecule has 8 nitrogen and oxygen atoms in total. The Morgan fingerprint density at radius 1 is 0.939 bits per heavy atom. The highest BCUT2D eigenvalue weighted by molar-refractivity contribution is 7.89. The van der Waals surface area contributed by atoms with Crippen LogP contribution in [0, 0.1) is 5.92 Å². The molecule has 0 radical (unpaired) electrons. The second-order valence-corrected chi connectivity index (χ2v) is 10.6. The van der Waals surface area contributed by atoms with Crippen molar-refractivity contribution in [2.45, 2.75) is 44.0 Å². The number of benzene rings is 2. The minimum absolute atomic E-state index is 0.179. The molecule has 3 amide bonds. The maximum Gasteiger partial charge on any atom is 0.255 e. The van der Waals surface area contributed by atoms with E-state index < -0.39 is 10.0 Å². The van der Waals surface area contributed by atoms with E-state index in [1.54, 1.807) is 36.4 Å². The number of nitrogens with one attached hydrogen (secondary N) is 1. The monoisotopic (exact) mass is 469 g/mol. The molecular weight excluding hydrogens is 442 g/mol. The van der Waals surface area contributed by atoms with Crippen LogP contribution in [0.2, 0.25) is 0 Å². The Morgan fingerprint density at radius 3 is 2.09 bits per heavy atom. The molecule has 0 unspecified atom stereocenters. The van der Waals surface area contributed by atoms with Gasteiger partial charge in [0.25, 0.3) is 5.91 Å². The molecule has 33 heavy (non-hydrogen) atoms. The normalized spacial score (nSPS) is 18.0. The number of nitrogens with zero attached hydrogens (tertiary/aromatic N) is 2. The number of hydrogen-bond donors (Lipinski definition) is 1. The van der Waals surface area contributed by atoms with E-state index in [4.69, 9.17) is 0 Å². The van der Waals surface area contributed by atoms with Crippen molar-refractivity contribution in [1.29, 1.82) is 0 Å². The first-order valence-electron chi connectivity index (χ1n) is 11.1. The Labute approximate surface area is 193 Å². The van der Waals surface area contributed by atoms with Gasteiger partial charge in [-0.3, -0.25) is 19.3 Å². The van der Waals surface area contributed by atoms with E-state index in [-0.39, 0.29) is 42.0 Å². The highest BCUT2D eigenvalue weighted by atomic mass is 32.2. The molecule has 0 saturated carbocycles. The van der Waals surface area contributed by atoms with E-state index in [2.05, 4.69) is 12.2 Å². The van der Waals surface area contributed by atoms with E-state index in [1.165, 1.54) is 21.3 Å². The Kier molecular flexibility index (Phi) is 6.62. The number of sulfonamides is 1. The Hall–Kier alpha value is -3.04. The van der Waals surface area contributed by atoms with Gasteiger partial charge in [-0.05, 0) is 60.7 Å². The van der Waals surface area contributed by atoms with Gasteiger partial charge >= 0.3 is 0 Å². The van der Waals surface area contributed by atoms with Crippen LogP contribution in [-0.4, -0.2) is 48.4 Å². The molecule has 2 aliphatic rings. The summed E-state index contributed by atoms with van der Waals surface area (Å²) in [5, 5.41) is 2.76. The lowest BCUT2D eigenvalue weighted by Gasteiger charge is -2.29. The fraction of sp³-hybridized carbons (Fsp3) is 0.375. The molecular formula is C24H27N3O5S. The largest absolute Gasteiger partial charge is 0.322 e. The Bertz CT molecular complexity index is 1140. The van der Waals surface area contributed by atoms with Crippen LogP contribution in [0.4, 0.5) is 5.69 Å². The minimum Gasteiger partial charge on any atom is -0.322 e. The van der Waals surface area contributed by atoms with Crippen LogP contribution in [0.1, 0.15) is 48.5 Å². The predicted octanol–water partition coefficient (Wildman–Crippen LogP) is 3.01. The van der Waals surface area contributed by atoms with E-state index in [1.807, 2.05) is 0 Å². The highest BCUT2D eigenvalue weighted by Crippen LogP contribution is 2.24. The zero-order chi connectivity index (χ0) is 23.6. The second kappa shape index (κ2) is 9.44. The van der Waals surface area contributed by atoms with Gasteiger partial charge in [-0.2, -0.15) is 4.31 Å². The molecule has 2 fully saturated rings. The third-order valence-electron chi connectivity index (χ3n) is 6.20. The van der Waals surface area contributed by atoms with Gasteiger partial charge in [-0.1, -0.05) is 19.1 Å². The molecule has 2 aliphatic heterocycles. The molecule has 4 rings (SSSR count). The van der Waals surface area contributed by atoms with Gasteiger partial charge < -0.3 is 5.32 Å². The Balaban J connectivity index is 1.37. The quantitative estimate of drug-likeness (QED) is 0.655. The van der Waals surface area contributed by atoms with E-state index in [0.717, 1.165) is 18.4 Å². The number of hydrogen-bond acceptors (Lipinski definition) is 5. The van der Waals surface area contributed by atoms with Crippen molar-refractivity contribution in [3.05, 3.63) is 59.7 Å². The van der Waals surface area contributed by atoms with Crippen molar-refractivity contribution in [1.82, 2.24) is 9.21 Å². The minimum atomic E-state index is -3.54. The molecule has 2 aromatic rings. The van der Waals surface area contributed by atoms with Crippen molar-refractivity contribution >= 4 is 33.4 Å². The van der Waals surface area contributed by atoms with Crippen LogP contribution in [0.15, 0.2) is 53.4 Å². The summed E-state index contributed by atoms with van der Waals surface area (Å²) in [5.74, 6) is -0.159. The van der Waals surface area contributed by atoms with Crippen LogP contribution in [0.5, 0.6) is 0 Å². The fourth-order valence-corrected chi connectivity index (χ4v) is 5.50. The number of likely N-dealkylation sites (tertiary alicyclic amines) is 1. The van der Waals surface area contributed by atoms with Crippen LogP contribution in [0.3, 0.4) is 0 Å². The van der Waals surface area contributed by atoms with Gasteiger partial charge in [0.15, 0.2) is 0 Å². The number of carbonyl (C=O) groups excluding carboxylic acids is 3. The third-order valence-corrected chi connectivity index (χ3v) is 8.12. The lowest BCUT2D eigenvalue weighted by molar-refractivity contribution is -0.139. The summed E-state index contributed by atoms with van der Waals surface area (Å²) in [7, 11) is -3.54. The first-order chi connectivity index (χ1) is 15.7. The molecule has 0 aromatic heterocycles. The van der Waals surface area contributed by atoms with Crippen LogP contribution in [-0.2, 0) is 26.2 Å². The molecule has 0 bridgehead atoms. The van der Waals surface area contributed by atoms with E-state index in [0.29, 0.717) is 30.3 Å². The molecule has 2 heterocycles. The number of amides is 3. The zero-order valence-electron chi connectivity index (χ0n) is 18.5.